The van der Waals surface area contributed by atoms with Crippen LogP contribution >= 0.6 is 0 Å². The second-order valence-corrected chi connectivity index (χ2v) is 12.7. The summed E-state index contributed by atoms with van der Waals surface area (Å²) in [4.78, 5) is 0. The molecule has 0 N–H and O–H groups in total. The van der Waals surface area contributed by atoms with Crippen molar-refractivity contribution in [2.45, 2.75) is 132 Å². The van der Waals surface area contributed by atoms with E-state index in [9.17, 15) is 0 Å². The Bertz CT molecular complexity index is 721. The van der Waals surface area contributed by atoms with Gasteiger partial charge in [0.15, 0.2) is 0 Å². The van der Waals surface area contributed by atoms with Crippen LogP contribution in [-0.4, -0.2) is 0 Å². The van der Waals surface area contributed by atoms with Gasteiger partial charge in [-0.15, -0.1) is 0 Å². The molecule has 0 aromatic rings. The second kappa shape index (κ2) is 13.5. The summed E-state index contributed by atoms with van der Waals surface area (Å²) in [6.07, 6.45) is 21.6. The van der Waals surface area contributed by atoms with Crippen LogP contribution in [-0.2, 0) is 0 Å². The lowest BCUT2D eigenvalue weighted by Gasteiger charge is -2.58. The zero-order chi connectivity index (χ0) is 26.2. The molecule has 8 atom stereocenters. The Labute approximate surface area is 220 Å². The monoisotopic (exact) mass is 481 g/mol. The molecule has 0 amide bonds. The van der Waals surface area contributed by atoms with Gasteiger partial charge in [-0.05, 0) is 123 Å². The van der Waals surface area contributed by atoms with Gasteiger partial charge in [-0.3, -0.25) is 0 Å². The molecule has 200 valence electrons. The van der Waals surface area contributed by atoms with Gasteiger partial charge in [0.2, 0.25) is 0 Å². The van der Waals surface area contributed by atoms with Gasteiger partial charge in [-0.1, -0.05) is 80.4 Å². The summed E-state index contributed by atoms with van der Waals surface area (Å²) in [5.74, 6) is 7.44. The lowest BCUT2D eigenvalue weighted by molar-refractivity contribution is -0.0857. The van der Waals surface area contributed by atoms with Crippen molar-refractivity contribution in [3.05, 3.63) is 24.3 Å². The molecule has 35 heavy (non-hydrogen) atoms. The van der Waals surface area contributed by atoms with E-state index < -0.39 is 0 Å². The molecule has 4 saturated carbocycles. The molecule has 0 bridgehead atoms. The molecule has 0 radical (unpaired) electrons. The van der Waals surface area contributed by atoms with Crippen LogP contribution < -0.4 is 0 Å². The molecule has 0 spiro atoms. The average Bonchev–Trinajstić information content (AvgIpc) is 3.26. The van der Waals surface area contributed by atoms with Gasteiger partial charge in [-0.2, -0.15) is 5.26 Å². The number of fused-ring (bicyclic) bond motifs is 5. The van der Waals surface area contributed by atoms with Crippen molar-refractivity contribution in [3.63, 3.8) is 0 Å². The molecule has 7 unspecified atom stereocenters. The van der Waals surface area contributed by atoms with Crippen LogP contribution in [0.1, 0.15) is 132 Å². The molecular formula is C34H59N. The van der Waals surface area contributed by atoms with Gasteiger partial charge in [0, 0.05) is 5.57 Å². The first-order chi connectivity index (χ1) is 16.8. The molecule has 0 aliphatic heterocycles. The highest BCUT2D eigenvalue weighted by molar-refractivity contribution is 5.21. The number of rotatable bonds is 5. The molecule has 1 heteroatoms. The molecule has 1 nitrogen and oxygen atoms in total. The lowest BCUT2D eigenvalue weighted by atomic mass is 9.47. The zero-order valence-electron chi connectivity index (χ0n) is 24.8. The first-order valence-corrected chi connectivity index (χ1v) is 15.5. The van der Waals surface area contributed by atoms with Crippen LogP contribution in [0.5, 0.6) is 0 Å². The molecule has 0 heterocycles. The van der Waals surface area contributed by atoms with E-state index in [1.807, 2.05) is 19.9 Å². The van der Waals surface area contributed by atoms with E-state index in [0.29, 0.717) is 16.4 Å². The largest absolute Gasteiger partial charge is 0.193 e. The number of nitrogens with zero attached hydrogens (tertiary/aromatic N) is 1. The van der Waals surface area contributed by atoms with Crippen molar-refractivity contribution >= 4 is 0 Å². The van der Waals surface area contributed by atoms with E-state index in [2.05, 4.69) is 41.2 Å². The van der Waals surface area contributed by atoms with E-state index in [-0.39, 0.29) is 0 Å². The molecule has 0 saturated heterocycles. The minimum absolute atomic E-state index is 0.689. The highest BCUT2D eigenvalue weighted by atomic mass is 14.6. The Hall–Kier alpha value is -1.03. The van der Waals surface area contributed by atoms with E-state index in [0.717, 1.165) is 41.4 Å². The maximum Gasteiger partial charge on any atom is 0.0944 e. The van der Waals surface area contributed by atoms with Crippen LogP contribution in [0.25, 0.3) is 0 Å². The van der Waals surface area contributed by atoms with Crippen molar-refractivity contribution in [2.75, 3.05) is 0 Å². The molecule has 4 fully saturated rings. The van der Waals surface area contributed by atoms with Gasteiger partial charge >= 0.3 is 0 Å². The third-order valence-electron chi connectivity index (χ3n) is 11.7. The van der Waals surface area contributed by atoms with Crippen molar-refractivity contribution in [2.24, 2.45) is 52.3 Å². The van der Waals surface area contributed by atoms with Crippen molar-refractivity contribution in [3.8, 4) is 6.07 Å². The quantitative estimate of drug-likeness (QED) is 0.283. The summed E-state index contributed by atoms with van der Waals surface area (Å²) in [6, 6.07) is 1.96. The molecule has 4 aliphatic rings. The highest BCUT2D eigenvalue weighted by Crippen LogP contribution is 2.66. The summed E-state index contributed by atoms with van der Waals surface area (Å²) in [7, 11) is 0. The maximum atomic E-state index is 8.10. The summed E-state index contributed by atoms with van der Waals surface area (Å²) in [5, 5.41) is 8.10. The van der Waals surface area contributed by atoms with Crippen molar-refractivity contribution < 1.29 is 0 Å². The third kappa shape index (κ3) is 6.28. The summed E-state index contributed by atoms with van der Waals surface area (Å²) in [5.41, 5.74) is 2.09. The number of allylic oxidation sites excluding steroid dienone is 3. The van der Waals surface area contributed by atoms with Crippen molar-refractivity contribution in [1.29, 1.82) is 5.26 Å². The minimum Gasteiger partial charge on any atom is -0.193 e. The first kappa shape index (κ1) is 30.2. The number of hydrogen-bond acceptors (Lipinski definition) is 1. The van der Waals surface area contributed by atoms with Crippen LogP contribution in [0.2, 0.25) is 0 Å². The fourth-order valence-corrected chi connectivity index (χ4v) is 9.43. The van der Waals surface area contributed by atoms with E-state index in [1.165, 1.54) is 19.3 Å². The fraction of sp³-hybridized carbons (Fsp3) is 0.853. The van der Waals surface area contributed by atoms with Gasteiger partial charge in [0.25, 0.3) is 0 Å². The average molecular weight is 482 g/mol. The second-order valence-electron chi connectivity index (χ2n) is 12.7. The molecule has 4 rings (SSSR count). The summed E-state index contributed by atoms with van der Waals surface area (Å²) >= 11 is 0. The standard InChI is InChI=1S/C26H46.C6H7N.C2H6/c1-6-18(4)23-11-12-24-22-10-9-19-17-26(7-2,8-3)16-14-20(19)21(22)13-15-25(23,24)5;1-3-4-6(2)5-7;1-2/h18-24H,6-17H2,1-5H3;3-4H,1H2,2H3;1-2H3/b;6-4+;/t18-,19?,20?,21?,22?,23?,24?,25?;;/m1../s1. The van der Waals surface area contributed by atoms with Crippen LogP contribution in [0.4, 0.5) is 0 Å². The first-order valence-electron chi connectivity index (χ1n) is 15.5. The van der Waals surface area contributed by atoms with Crippen molar-refractivity contribution in [1.82, 2.24) is 0 Å². The smallest absolute Gasteiger partial charge is 0.0944 e. The van der Waals surface area contributed by atoms with Gasteiger partial charge in [-0.25, -0.2) is 0 Å². The van der Waals surface area contributed by atoms with Gasteiger partial charge in [0.05, 0.1) is 6.07 Å². The van der Waals surface area contributed by atoms with Gasteiger partial charge in [0.1, 0.15) is 0 Å². The topological polar surface area (TPSA) is 23.8 Å². The Morgan fingerprint density at radius 3 is 2.17 bits per heavy atom. The molecule has 0 aromatic carbocycles. The van der Waals surface area contributed by atoms with Gasteiger partial charge < -0.3 is 0 Å². The number of nitriles is 1. The van der Waals surface area contributed by atoms with Crippen LogP contribution in [0.15, 0.2) is 24.3 Å². The molecule has 4 aliphatic carbocycles. The van der Waals surface area contributed by atoms with E-state index >= 15 is 0 Å². The van der Waals surface area contributed by atoms with Crippen LogP contribution in [0, 0.1) is 63.6 Å². The Morgan fingerprint density at radius 2 is 1.63 bits per heavy atom. The lowest BCUT2D eigenvalue weighted by Crippen LogP contribution is -2.50. The Kier molecular flexibility index (Phi) is 11.6. The summed E-state index contributed by atoms with van der Waals surface area (Å²) < 4.78 is 0. The maximum absolute atomic E-state index is 8.10. The molecular weight excluding hydrogens is 422 g/mol. The fourth-order valence-electron chi connectivity index (χ4n) is 9.43. The SMILES string of the molecule is C=C/C=C(\C)C#N.CC.CC[C@@H](C)C1CCC2C3CCC4CC(CC)(CC)CCC4C3CCC21C. The van der Waals surface area contributed by atoms with E-state index in [1.54, 1.807) is 76.9 Å². The highest BCUT2D eigenvalue weighted by Gasteiger charge is 2.58. The zero-order valence-corrected chi connectivity index (χ0v) is 24.8. The predicted octanol–water partition coefficient (Wildman–Crippen LogP) is 10.8. The Balaban J connectivity index is 0.000000416. The third-order valence-corrected chi connectivity index (χ3v) is 11.7. The number of hydrogen-bond donors (Lipinski definition) is 0. The minimum atomic E-state index is 0.689. The Morgan fingerprint density at radius 1 is 0.971 bits per heavy atom. The van der Waals surface area contributed by atoms with Crippen LogP contribution in [0.3, 0.4) is 0 Å². The predicted molar refractivity (Wildman–Crippen MR) is 154 cm³/mol. The van der Waals surface area contributed by atoms with E-state index in [4.69, 9.17) is 5.26 Å². The summed E-state index contributed by atoms with van der Waals surface area (Å²) in [6.45, 7) is 21.8. The molecule has 0 aromatic heterocycles. The normalized spacial score (nSPS) is 38.1.